The quantitative estimate of drug-likeness (QED) is 0.503. The number of primary amides is 1. The van der Waals surface area contributed by atoms with Gasteiger partial charge >= 0.3 is 5.97 Å². The Labute approximate surface area is 165 Å². The van der Waals surface area contributed by atoms with Crippen LogP contribution in [0.3, 0.4) is 0 Å². The first-order chi connectivity index (χ1) is 13.2. The molecule has 0 bridgehead atoms. The summed E-state index contributed by atoms with van der Waals surface area (Å²) < 4.78 is 5.06. The molecule has 8 nitrogen and oxygen atoms in total. The van der Waals surface area contributed by atoms with Gasteiger partial charge in [0.1, 0.15) is 10.7 Å². The number of nitrogens with two attached hydrogens (primary N) is 1. The zero-order valence-corrected chi connectivity index (χ0v) is 16.7. The highest BCUT2D eigenvalue weighted by atomic mass is 32.1. The number of H-pyrrole nitrogens is 1. The number of fused-ring (bicyclic) bond motifs is 1. The van der Waals surface area contributed by atoms with Crippen molar-refractivity contribution < 1.29 is 23.9 Å². The van der Waals surface area contributed by atoms with Crippen molar-refractivity contribution in [2.45, 2.75) is 40.0 Å². The Kier molecular flexibility index (Phi) is 5.37. The molecule has 0 unspecified atom stereocenters. The second-order valence-electron chi connectivity index (χ2n) is 6.73. The van der Waals surface area contributed by atoms with Crippen molar-refractivity contribution in [3.05, 3.63) is 38.5 Å². The van der Waals surface area contributed by atoms with Crippen LogP contribution in [-0.4, -0.2) is 35.2 Å². The van der Waals surface area contributed by atoms with Gasteiger partial charge < -0.3 is 20.8 Å². The molecule has 2 heterocycles. The molecule has 4 N–H and O–H groups in total. The zero-order chi connectivity index (χ0) is 20.6. The van der Waals surface area contributed by atoms with Gasteiger partial charge in [-0.1, -0.05) is 0 Å². The third kappa shape index (κ3) is 3.57. The van der Waals surface area contributed by atoms with Gasteiger partial charge in [-0.15, -0.1) is 11.3 Å². The van der Waals surface area contributed by atoms with Gasteiger partial charge in [0, 0.05) is 16.1 Å². The lowest BCUT2D eigenvalue weighted by molar-refractivity contribution is -0.119. The number of thiophene rings is 1. The second-order valence-corrected chi connectivity index (χ2v) is 7.84. The summed E-state index contributed by atoms with van der Waals surface area (Å²) in [6, 6.07) is 0. The molecule has 0 atom stereocenters. The van der Waals surface area contributed by atoms with Crippen LogP contribution in [-0.2, 0) is 22.4 Å². The fourth-order valence-corrected chi connectivity index (χ4v) is 4.91. The van der Waals surface area contributed by atoms with Gasteiger partial charge in [-0.3, -0.25) is 14.4 Å². The number of carbonyl (C=O) groups excluding carboxylic acids is 4. The van der Waals surface area contributed by atoms with Crippen LogP contribution in [0.5, 0.6) is 0 Å². The fourth-order valence-electron chi connectivity index (χ4n) is 3.60. The number of hydrogen-bond acceptors (Lipinski definition) is 6. The van der Waals surface area contributed by atoms with Crippen LogP contribution >= 0.6 is 11.3 Å². The minimum absolute atomic E-state index is 0.142. The lowest BCUT2D eigenvalue weighted by Crippen LogP contribution is -2.23. The highest BCUT2D eigenvalue weighted by Gasteiger charge is 2.27. The van der Waals surface area contributed by atoms with E-state index in [0.29, 0.717) is 27.4 Å². The monoisotopic (exact) mass is 403 g/mol. The fraction of sp³-hybridized carbons (Fsp3) is 0.368. The molecule has 1 aliphatic carbocycles. The molecule has 9 heteroatoms. The summed E-state index contributed by atoms with van der Waals surface area (Å²) in [5.74, 6) is -2.04. The average molecular weight is 403 g/mol. The van der Waals surface area contributed by atoms with Crippen molar-refractivity contribution in [1.29, 1.82) is 0 Å². The van der Waals surface area contributed by atoms with Crippen molar-refractivity contribution in [3.63, 3.8) is 0 Å². The van der Waals surface area contributed by atoms with Gasteiger partial charge in [-0.2, -0.15) is 0 Å². The number of nitrogens with one attached hydrogen (secondary N) is 2. The highest BCUT2D eigenvalue weighted by Crippen LogP contribution is 2.38. The van der Waals surface area contributed by atoms with E-state index in [1.807, 2.05) is 0 Å². The number of aryl methyl sites for hydroxylation is 2. The standard InChI is InChI=1S/C19H21N3O5S/c1-8-14(10(3)23)9(2)21-16(8)19(26)27-7-13(24)22-18-15(17(20)25)11-5-4-6-12(11)28-18/h21H,4-7H2,1-3H3,(H2,20,25)(H,22,24). The lowest BCUT2D eigenvalue weighted by atomic mass is 10.1. The normalized spacial score (nSPS) is 12.5. The zero-order valence-electron chi connectivity index (χ0n) is 15.9. The number of anilines is 1. The Morgan fingerprint density at radius 2 is 1.89 bits per heavy atom. The van der Waals surface area contributed by atoms with Crippen LogP contribution in [0.1, 0.15) is 66.2 Å². The third-order valence-corrected chi connectivity index (χ3v) is 5.96. The van der Waals surface area contributed by atoms with Crippen LogP contribution in [0.15, 0.2) is 0 Å². The van der Waals surface area contributed by atoms with Crippen molar-refractivity contribution in [1.82, 2.24) is 4.98 Å². The molecule has 0 saturated carbocycles. The molecule has 0 saturated heterocycles. The van der Waals surface area contributed by atoms with Crippen molar-refractivity contribution in [2.24, 2.45) is 5.73 Å². The van der Waals surface area contributed by atoms with E-state index in [1.54, 1.807) is 13.8 Å². The Balaban J connectivity index is 1.67. The van der Waals surface area contributed by atoms with E-state index < -0.39 is 24.4 Å². The molecule has 0 radical (unpaired) electrons. The summed E-state index contributed by atoms with van der Waals surface area (Å²) in [7, 11) is 0. The van der Waals surface area contributed by atoms with E-state index in [9.17, 15) is 19.2 Å². The molecule has 3 rings (SSSR count). The number of ether oxygens (including phenoxy) is 1. The highest BCUT2D eigenvalue weighted by molar-refractivity contribution is 7.17. The number of aromatic nitrogens is 1. The molecule has 2 amide bonds. The topological polar surface area (TPSA) is 131 Å². The number of amides is 2. The Morgan fingerprint density at radius 1 is 1.18 bits per heavy atom. The van der Waals surface area contributed by atoms with Crippen LogP contribution in [0.25, 0.3) is 0 Å². The Morgan fingerprint density at radius 3 is 2.50 bits per heavy atom. The maximum Gasteiger partial charge on any atom is 0.355 e. The van der Waals surface area contributed by atoms with E-state index >= 15 is 0 Å². The molecular formula is C19H21N3O5S. The second kappa shape index (κ2) is 7.59. The molecular weight excluding hydrogens is 382 g/mol. The molecule has 2 aromatic heterocycles. The largest absolute Gasteiger partial charge is 0.451 e. The summed E-state index contributed by atoms with van der Waals surface area (Å²) in [5, 5.41) is 3.01. The van der Waals surface area contributed by atoms with Gasteiger partial charge in [0.15, 0.2) is 12.4 Å². The number of carbonyl (C=O) groups is 4. The molecule has 0 aromatic carbocycles. The Hall–Kier alpha value is -2.94. The van der Waals surface area contributed by atoms with Crippen molar-refractivity contribution >= 4 is 39.9 Å². The summed E-state index contributed by atoms with van der Waals surface area (Å²) in [4.78, 5) is 51.8. The number of ketones is 1. The number of rotatable bonds is 6. The SMILES string of the molecule is CC(=O)c1c(C)[nH]c(C(=O)OCC(=O)Nc2sc3c(c2C(N)=O)CCC3)c1C. The first-order valence-corrected chi connectivity index (χ1v) is 9.63. The van der Waals surface area contributed by atoms with E-state index in [-0.39, 0.29) is 11.5 Å². The van der Waals surface area contributed by atoms with Crippen molar-refractivity contribution in [2.75, 3.05) is 11.9 Å². The molecule has 28 heavy (non-hydrogen) atoms. The maximum atomic E-state index is 12.3. The van der Waals surface area contributed by atoms with Gasteiger partial charge in [0.2, 0.25) is 0 Å². The molecule has 1 aliphatic rings. The van der Waals surface area contributed by atoms with Gasteiger partial charge in [0.25, 0.3) is 11.8 Å². The molecule has 0 fully saturated rings. The first kappa shape index (κ1) is 19.8. The van der Waals surface area contributed by atoms with Gasteiger partial charge in [-0.05, 0) is 51.2 Å². The Bertz CT molecular complexity index is 1000. The summed E-state index contributed by atoms with van der Waals surface area (Å²) in [5.41, 5.74) is 8.35. The summed E-state index contributed by atoms with van der Waals surface area (Å²) >= 11 is 1.33. The number of aromatic amines is 1. The minimum atomic E-state index is -0.730. The predicted molar refractivity (Wildman–Crippen MR) is 104 cm³/mol. The third-order valence-electron chi connectivity index (χ3n) is 4.75. The first-order valence-electron chi connectivity index (χ1n) is 8.82. The van der Waals surface area contributed by atoms with E-state index in [1.165, 1.54) is 18.3 Å². The lowest BCUT2D eigenvalue weighted by Gasteiger charge is -2.07. The van der Waals surface area contributed by atoms with Gasteiger partial charge in [-0.25, -0.2) is 4.79 Å². The van der Waals surface area contributed by atoms with Crippen LogP contribution in [0, 0.1) is 13.8 Å². The van der Waals surface area contributed by atoms with E-state index in [0.717, 1.165) is 29.7 Å². The van der Waals surface area contributed by atoms with E-state index in [4.69, 9.17) is 10.5 Å². The molecule has 0 aliphatic heterocycles. The minimum Gasteiger partial charge on any atom is -0.451 e. The van der Waals surface area contributed by atoms with Crippen molar-refractivity contribution in [3.8, 4) is 0 Å². The summed E-state index contributed by atoms with van der Waals surface area (Å²) in [6.45, 7) is 4.23. The molecule has 2 aromatic rings. The number of hydrogen-bond donors (Lipinski definition) is 3. The molecule has 148 valence electrons. The van der Waals surface area contributed by atoms with Crippen LogP contribution in [0.2, 0.25) is 0 Å². The average Bonchev–Trinajstić information content (AvgIpc) is 3.24. The summed E-state index contributed by atoms with van der Waals surface area (Å²) in [6.07, 6.45) is 2.58. The van der Waals surface area contributed by atoms with E-state index in [2.05, 4.69) is 10.3 Å². The van der Waals surface area contributed by atoms with Crippen LogP contribution < -0.4 is 11.1 Å². The predicted octanol–water partition coefficient (Wildman–Crippen LogP) is 2.28. The number of esters is 1. The van der Waals surface area contributed by atoms with Crippen LogP contribution in [0.4, 0.5) is 5.00 Å². The maximum absolute atomic E-state index is 12.3. The molecule has 0 spiro atoms. The smallest absolute Gasteiger partial charge is 0.355 e. The number of Topliss-reactive ketones (excluding diaryl/α,β-unsaturated/α-hetero) is 1. The van der Waals surface area contributed by atoms with Gasteiger partial charge in [0.05, 0.1) is 5.56 Å².